The van der Waals surface area contributed by atoms with Crippen molar-refractivity contribution in [1.82, 2.24) is 14.8 Å². The van der Waals surface area contributed by atoms with Crippen molar-refractivity contribution in [2.24, 2.45) is 11.8 Å². The molecule has 5 nitrogen and oxygen atoms in total. The molecule has 2 aromatic rings. The first-order valence-corrected chi connectivity index (χ1v) is 14.5. The lowest BCUT2D eigenvalue weighted by atomic mass is 9.78. The average molecular weight is 575 g/mol. The van der Waals surface area contributed by atoms with Crippen molar-refractivity contribution >= 4 is 33.6 Å². The third kappa shape index (κ3) is 5.76. The molecule has 1 amide bonds. The van der Waals surface area contributed by atoms with Crippen molar-refractivity contribution in [2.75, 3.05) is 26.2 Å². The number of piperidine rings is 2. The third-order valence-corrected chi connectivity index (χ3v) is 8.76. The molecule has 0 bridgehead atoms. The number of aryl methyl sites for hydroxylation is 2. The smallest absolute Gasteiger partial charge is 0.410 e. The van der Waals surface area contributed by atoms with Crippen LogP contribution < -0.4 is 0 Å². The van der Waals surface area contributed by atoms with Gasteiger partial charge in [-0.2, -0.15) is 0 Å². The largest absolute Gasteiger partial charge is 0.444 e. The van der Waals surface area contributed by atoms with Crippen LogP contribution in [-0.4, -0.2) is 52.7 Å². The Kier molecular flexibility index (Phi) is 7.67. The molecule has 2 aliphatic heterocycles. The topological polar surface area (TPSA) is 45.7 Å². The fourth-order valence-electron chi connectivity index (χ4n) is 6.31. The molecule has 1 aromatic heterocycles. The molecule has 0 radical (unpaired) electrons. The Hall–Kier alpha value is -1.63. The van der Waals surface area contributed by atoms with Crippen LogP contribution in [0.5, 0.6) is 0 Å². The maximum atomic E-state index is 12.5. The van der Waals surface area contributed by atoms with Gasteiger partial charge in [-0.15, -0.1) is 0 Å². The molecule has 1 aliphatic carbocycles. The number of carbonyl (C=O) groups is 1. The lowest BCUT2D eigenvalue weighted by molar-refractivity contribution is 0.0129. The summed E-state index contributed by atoms with van der Waals surface area (Å²) in [5.74, 6) is 1.40. The van der Waals surface area contributed by atoms with Gasteiger partial charge in [0.05, 0.1) is 11.7 Å². The van der Waals surface area contributed by atoms with Gasteiger partial charge in [0.2, 0.25) is 0 Å². The van der Waals surface area contributed by atoms with Gasteiger partial charge in [-0.3, -0.25) is 9.88 Å². The highest BCUT2D eigenvalue weighted by molar-refractivity contribution is 9.10. The number of halogens is 2. The van der Waals surface area contributed by atoms with Crippen molar-refractivity contribution in [3.05, 3.63) is 62.3 Å². The summed E-state index contributed by atoms with van der Waals surface area (Å²) in [5.41, 5.74) is 4.80. The van der Waals surface area contributed by atoms with Gasteiger partial charge in [-0.25, -0.2) is 4.79 Å². The standard InChI is InChI=1S/C29H37BrClN3O2/c1-29(2,3)36-28(35)34-14-10-20(11-15-34)19-8-12-33(13-9-19)27-25-7-6-24(31)17-21(25)4-5-22-16-23(30)18-32-26(22)27/h6-7,16-20,27H,4-5,8-15H2,1-3H3. The summed E-state index contributed by atoms with van der Waals surface area (Å²) in [7, 11) is 0. The normalized spacial score (nSPS) is 22.0. The summed E-state index contributed by atoms with van der Waals surface area (Å²) in [6, 6.07) is 8.82. The lowest BCUT2D eigenvalue weighted by Crippen LogP contribution is -2.45. The second-order valence-electron chi connectivity index (χ2n) is 11.6. The molecule has 0 spiro atoms. The number of amides is 1. The molecule has 0 N–H and O–H groups in total. The van der Waals surface area contributed by atoms with E-state index in [0.717, 1.165) is 67.3 Å². The highest BCUT2D eigenvalue weighted by Crippen LogP contribution is 2.41. The van der Waals surface area contributed by atoms with Crippen LogP contribution in [0.4, 0.5) is 4.79 Å². The first kappa shape index (κ1) is 26.0. The number of fused-ring (bicyclic) bond motifs is 2. The summed E-state index contributed by atoms with van der Waals surface area (Å²) in [6.45, 7) is 9.55. The van der Waals surface area contributed by atoms with Crippen molar-refractivity contribution < 1.29 is 9.53 Å². The number of carbonyl (C=O) groups excluding carboxylic acids is 1. The van der Waals surface area contributed by atoms with Crippen LogP contribution in [0, 0.1) is 11.8 Å². The van der Waals surface area contributed by atoms with Crippen molar-refractivity contribution in [3.63, 3.8) is 0 Å². The van der Waals surface area contributed by atoms with E-state index in [-0.39, 0.29) is 12.1 Å². The predicted octanol–water partition coefficient (Wildman–Crippen LogP) is 7.04. The van der Waals surface area contributed by atoms with E-state index in [9.17, 15) is 4.79 Å². The third-order valence-electron chi connectivity index (χ3n) is 8.09. The second-order valence-corrected chi connectivity index (χ2v) is 13.0. The number of hydrogen-bond acceptors (Lipinski definition) is 4. The Morgan fingerprint density at radius 2 is 1.64 bits per heavy atom. The van der Waals surface area contributed by atoms with Gasteiger partial charge in [0, 0.05) is 28.8 Å². The van der Waals surface area contributed by atoms with Crippen LogP contribution in [-0.2, 0) is 17.6 Å². The summed E-state index contributed by atoms with van der Waals surface area (Å²) >= 11 is 10.0. The van der Waals surface area contributed by atoms with Crippen LogP contribution in [0.1, 0.15) is 74.9 Å². The summed E-state index contributed by atoms with van der Waals surface area (Å²) in [5, 5.41) is 0.809. The number of ether oxygens (including phenoxy) is 1. The van der Waals surface area contributed by atoms with Gasteiger partial charge in [0.25, 0.3) is 0 Å². The number of likely N-dealkylation sites (tertiary alicyclic amines) is 2. The Balaban J connectivity index is 1.26. The van der Waals surface area contributed by atoms with Crippen LogP contribution in [0.2, 0.25) is 5.02 Å². The van der Waals surface area contributed by atoms with E-state index >= 15 is 0 Å². The number of nitrogens with zero attached hydrogens (tertiary/aromatic N) is 3. The van der Waals surface area contributed by atoms with Crippen LogP contribution >= 0.6 is 27.5 Å². The van der Waals surface area contributed by atoms with E-state index < -0.39 is 5.60 Å². The maximum absolute atomic E-state index is 12.5. The molecule has 2 saturated heterocycles. The highest BCUT2D eigenvalue weighted by Gasteiger charge is 2.36. The molecule has 5 rings (SSSR count). The molecule has 2 fully saturated rings. The zero-order valence-electron chi connectivity index (χ0n) is 21.6. The molecule has 1 atom stereocenters. The summed E-state index contributed by atoms with van der Waals surface area (Å²) in [4.78, 5) is 21.9. The van der Waals surface area contributed by atoms with Gasteiger partial charge < -0.3 is 9.64 Å². The Bertz CT molecular complexity index is 1050. The molecule has 0 saturated carbocycles. The van der Waals surface area contributed by atoms with E-state index in [1.807, 2.05) is 37.9 Å². The van der Waals surface area contributed by atoms with Crippen LogP contribution in [0.25, 0.3) is 0 Å². The van der Waals surface area contributed by atoms with Crippen LogP contribution in [0.15, 0.2) is 34.9 Å². The van der Waals surface area contributed by atoms with Crippen molar-refractivity contribution in [1.29, 1.82) is 0 Å². The van der Waals surface area contributed by atoms with E-state index in [2.05, 4.69) is 39.0 Å². The number of pyridine rings is 1. The van der Waals surface area contributed by atoms with E-state index in [1.165, 1.54) is 35.2 Å². The lowest BCUT2D eigenvalue weighted by Gasteiger charge is -2.42. The predicted molar refractivity (Wildman–Crippen MR) is 147 cm³/mol. The zero-order chi connectivity index (χ0) is 25.4. The SMILES string of the molecule is CC(C)(C)OC(=O)N1CCC(C2CCN(C3c4ccc(Cl)cc4CCc4cc(Br)cnc43)CC2)CC1. The molecule has 36 heavy (non-hydrogen) atoms. The Labute approximate surface area is 228 Å². The molecule has 3 heterocycles. The first-order chi connectivity index (χ1) is 17.2. The fourth-order valence-corrected chi connectivity index (χ4v) is 6.88. The van der Waals surface area contributed by atoms with Gasteiger partial charge in [-0.1, -0.05) is 17.7 Å². The van der Waals surface area contributed by atoms with Gasteiger partial charge in [0.15, 0.2) is 0 Å². The number of rotatable bonds is 2. The first-order valence-electron chi connectivity index (χ1n) is 13.3. The van der Waals surface area contributed by atoms with Crippen molar-refractivity contribution in [2.45, 2.75) is 70.9 Å². The van der Waals surface area contributed by atoms with E-state index in [4.69, 9.17) is 21.3 Å². The molecule has 194 valence electrons. The van der Waals surface area contributed by atoms with Gasteiger partial charge in [-0.05, 0) is 135 Å². The Morgan fingerprint density at radius 3 is 2.31 bits per heavy atom. The average Bonchev–Trinajstić information content (AvgIpc) is 2.99. The van der Waals surface area contributed by atoms with E-state index in [1.54, 1.807) is 0 Å². The minimum absolute atomic E-state index is 0.166. The molecule has 1 aromatic carbocycles. The molecule has 3 aliphatic rings. The number of benzene rings is 1. The van der Waals surface area contributed by atoms with Crippen molar-refractivity contribution in [3.8, 4) is 0 Å². The van der Waals surface area contributed by atoms with E-state index in [0.29, 0.717) is 5.92 Å². The number of aromatic nitrogens is 1. The summed E-state index contributed by atoms with van der Waals surface area (Å²) in [6.07, 6.45) is 8.30. The second kappa shape index (κ2) is 10.6. The Morgan fingerprint density at radius 1 is 1.00 bits per heavy atom. The monoisotopic (exact) mass is 573 g/mol. The molecular formula is C29H37BrClN3O2. The zero-order valence-corrected chi connectivity index (χ0v) is 23.9. The van der Waals surface area contributed by atoms with Gasteiger partial charge in [0.1, 0.15) is 5.60 Å². The minimum Gasteiger partial charge on any atom is -0.444 e. The quantitative estimate of drug-likeness (QED) is 0.386. The van der Waals surface area contributed by atoms with Crippen LogP contribution in [0.3, 0.4) is 0 Å². The fraction of sp³-hybridized carbons (Fsp3) is 0.586. The highest BCUT2D eigenvalue weighted by atomic mass is 79.9. The summed E-state index contributed by atoms with van der Waals surface area (Å²) < 4.78 is 6.63. The minimum atomic E-state index is -0.438. The molecule has 7 heteroatoms. The molecular weight excluding hydrogens is 538 g/mol. The van der Waals surface area contributed by atoms with Gasteiger partial charge >= 0.3 is 6.09 Å². The number of hydrogen-bond donors (Lipinski definition) is 0. The molecule has 1 unspecified atom stereocenters. The maximum Gasteiger partial charge on any atom is 0.410 e.